The highest BCUT2D eigenvalue weighted by Gasteiger charge is 2.20. The van der Waals surface area contributed by atoms with Crippen molar-refractivity contribution in [3.05, 3.63) is 35.5 Å². The number of nitrogens with one attached hydrogen (secondary N) is 2. The van der Waals surface area contributed by atoms with E-state index in [1.54, 1.807) is 0 Å². The number of carbonyl (C=O) groups excluding carboxylic acids is 1. The minimum Gasteiger partial charge on any atom is -0.382 e. The van der Waals surface area contributed by atoms with Crippen LogP contribution in [0.25, 0.3) is 10.9 Å². The first-order valence-electron chi connectivity index (χ1n) is 8.25. The van der Waals surface area contributed by atoms with E-state index in [0.717, 1.165) is 28.7 Å². The standard InChI is InChI=1S/C19H27N3O/c1-6-14-13(2)22-16-10-8-7-9-15(16)17(14)20-11-12-21-18(23)19(3,4)5/h7-10H,6,11-12H2,1-5H3,(H,20,22)(H,21,23). The van der Waals surface area contributed by atoms with Gasteiger partial charge in [-0.3, -0.25) is 9.78 Å². The van der Waals surface area contributed by atoms with E-state index in [-0.39, 0.29) is 11.3 Å². The first-order chi connectivity index (χ1) is 10.8. The van der Waals surface area contributed by atoms with Crippen molar-refractivity contribution in [1.29, 1.82) is 0 Å². The van der Waals surface area contributed by atoms with Gasteiger partial charge in [0.05, 0.1) is 5.52 Å². The van der Waals surface area contributed by atoms with Crippen molar-refractivity contribution in [2.75, 3.05) is 18.4 Å². The van der Waals surface area contributed by atoms with Crippen LogP contribution in [-0.4, -0.2) is 24.0 Å². The molecule has 0 aliphatic heterocycles. The van der Waals surface area contributed by atoms with E-state index in [1.165, 1.54) is 5.56 Å². The number of anilines is 1. The SMILES string of the molecule is CCc1c(C)nc2ccccc2c1NCCNC(=O)C(C)(C)C. The summed E-state index contributed by atoms with van der Waals surface area (Å²) in [5, 5.41) is 7.61. The van der Waals surface area contributed by atoms with Crippen LogP contribution in [0, 0.1) is 12.3 Å². The maximum absolute atomic E-state index is 11.9. The lowest BCUT2D eigenvalue weighted by molar-refractivity contribution is -0.128. The second-order valence-corrected chi connectivity index (χ2v) is 6.85. The van der Waals surface area contributed by atoms with Crippen LogP contribution >= 0.6 is 0 Å². The second kappa shape index (κ2) is 6.99. The van der Waals surface area contributed by atoms with Crippen LogP contribution in [0.5, 0.6) is 0 Å². The molecule has 0 saturated heterocycles. The summed E-state index contributed by atoms with van der Waals surface area (Å²) in [6, 6.07) is 8.17. The Hall–Kier alpha value is -2.10. The van der Waals surface area contributed by atoms with E-state index in [1.807, 2.05) is 39.0 Å². The number of pyridine rings is 1. The summed E-state index contributed by atoms with van der Waals surface area (Å²) in [7, 11) is 0. The molecule has 23 heavy (non-hydrogen) atoms. The normalized spacial score (nSPS) is 11.5. The Morgan fingerprint density at radius 3 is 2.52 bits per heavy atom. The third-order valence-electron chi connectivity index (χ3n) is 3.95. The molecular formula is C19H27N3O. The summed E-state index contributed by atoms with van der Waals surface area (Å²) in [5.41, 5.74) is 4.09. The summed E-state index contributed by atoms with van der Waals surface area (Å²) < 4.78 is 0. The number of fused-ring (bicyclic) bond motifs is 1. The number of aromatic nitrogens is 1. The van der Waals surface area contributed by atoms with Crippen molar-refractivity contribution < 1.29 is 4.79 Å². The molecule has 4 nitrogen and oxygen atoms in total. The Labute approximate surface area is 138 Å². The molecule has 0 saturated carbocycles. The van der Waals surface area contributed by atoms with E-state index in [9.17, 15) is 4.79 Å². The van der Waals surface area contributed by atoms with Gasteiger partial charge in [0.15, 0.2) is 0 Å². The van der Waals surface area contributed by atoms with Crippen LogP contribution in [0.1, 0.15) is 39.0 Å². The van der Waals surface area contributed by atoms with Crippen LogP contribution in [0.3, 0.4) is 0 Å². The minimum absolute atomic E-state index is 0.0748. The molecule has 1 aromatic carbocycles. The fraction of sp³-hybridized carbons (Fsp3) is 0.474. The molecular weight excluding hydrogens is 286 g/mol. The van der Waals surface area contributed by atoms with Crippen molar-refractivity contribution in [3.8, 4) is 0 Å². The molecule has 0 radical (unpaired) electrons. The first kappa shape index (κ1) is 17.3. The summed E-state index contributed by atoms with van der Waals surface area (Å²) in [6.45, 7) is 11.3. The molecule has 0 aliphatic rings. The number of para-hydroxylation sites is 1. The van der Waals surface area contributed by atoms with Gasteiger partial charge in [0.2, 0.25) is 5.91 Å². The van der Waals surface area contributed by atoms with Gasteiger partial charge in [-0.15, -0.1) is 0 Å². The molecule has 0 fully saturated rings. The molecule has 4 heteroatoms. The lowest BCUT2D eigenvalue weighted by Gasteiger charge is -2.19. The predicted octanol–water partition coefficient (Wildman–Crippen LogP) is 3.68. The average molecular weight is 313 g/mol. The molecule has 124 valence electrons. The highest BCUT2D eigenvalue weighted by molar-refractivity contribution is 5.93. The summed E-state index contributed by atoms with van der Waals surface area (Å²) in [5.74, 6) is 0.0748. The van der Waals surface area contributed by atoms with Gasteiger partial charge in [0.1, 0.15) is 0 Å². The van der Waals surface area contributed by atoms with E-state index >= 15 is 0 Å². The maximum atomic E-state index is 11.9. The van der Waals surface area contributed by atoms with Crippen molar-refractivity contribution in [2.45, 2.75) is 41.0 Å². The van der Waals surface area contributed by atoms with Crippen molar-refractivity contribution in [1.82, 2.24) is 10.3 Å². The number of nitrogens with zero attached hydrogens (tertiary/aromatic N) is 1. The molecule has 0 atom stereocenters. The zero-order valence-corrected chi connectivity index (χ0v) is 14.8. The zero-order chi connectivity index (χ0) is 17.0. The fourth-order valence-corrected chi connectivity index (χ4v) is 2.64. The number of carbonyl (C=O) groups is 1. The topological polar surface area (TPSA) is 54.0 Å². The fourth-order valence-electron chi connectivity index (χ4n) is 2.64. The van der Waals surface area contributed by atoms with Gasteiger partial charge in [0, 0.05) is 35.3 Å². The minimum atomic E-state index is -0.353. The average Bonchev–Trinajstić information content (AvgIpc) is 2.49. The molecule has 0 aliphatic carbocycles. The van der Waals surface area contributed by atoms with E-state index in [0.29, 0.717) is 13.1 Å². The smallest absolute Gasteiger partial charge is 0.225 e. The number of hydrogen-bond acceptors (Lipinski definition) is 3. The van der Waals surface area contributed by atoms with Gasteiger partial charge < -0.3 is 10.6 Å². The number of aryl methyl sites for hydroxylation is 1. The summed E-state index contributed by atoms with van der Waals surface area (Å²) >= 11 is 0. The molecule has 1 aromatic heterocycles. The van der Waals surface area contributed by atoms with Crippen LogP contribution in [0.15, 0.2) is 24.3 Å². The predicted molar refractivity (Wildman–Crippen MR) is 96.8 cm³/mol. The quantitative estimate of drug-likeness (QED) is 0.828. The third-order valence-corrected chi connectivity index (χ3v) is 3.95. The molecule has 1 amide bonds. The van der Waals surface area contributed by atoms with Crippen LogP contribution in [-0.2, 0) is 11.2 Å². The van der Waals surface area contributed by atoms with Crippen molar-refractivity contribution >= 4 is 22.5 Å². The summed E-state index contributed by atoms with van der Waals surface area (Å²) in [6.07, 6.45) is 0.931. The van der Waals surface area contributed by atoms with E-state index in [2.05, 4.69) is 35.5 Å². The Morgan fingerprint density at radius 2 is 1.87 bits per heavy atom. The molecule has 0 unspecified atom stereocenters. The van der Waals surface area contributed by atoms with Gasteiger partial charge in [-0.1, -0.05) is 45.9 Å². The Kier molecular flexibility index (Phi) is 5.24. The Balaban J connectivity index is 2.15. The van der Waals surface area contributed by atoms with Gasteiger partial charge >= 0.3 is 0 Å². The van der Waals surface area contributed by atoms with Gasteiger partial charge in [0.25, 0.3) is 0 Å². The molecule has 2 N–H and O–H groups in total. The lowest BCUT2D eigenvalue weighted by atomic mass is 9.96. The van der Waals surface area contributed by atoms with Crippen LogP contribution in [0.2, 0.25) is 0 Å². The maximum Gasteiger partial charge on any atom is 0.225 e. The number of amides is 1. The highest BCUT2D eigenvalue weighted by Crippen LogP contribution is 2.28. The van der Waals surface area contributed by atoms with Gasteiger partial charge in [-0.05, 0) is 25.0 Å². The van der Waals surface area contributed by atoms with Gasteiger partial charge in [-0.25, -0.2) is 0 Å². The molecule has 0 spiro atoms. The van der Waals surface area contributed by atoms with Crippen molar-refractivity contribution in [2.24, 2.45) is 5.41 Å². The van der Waals surface area contributed by atoms with E-state index < -0.39 is 0 Å². The van der Waals surface area contributed by atoms with Crippen LogP contribution in [0.4, 0.5) is 5.69 Å². The zero-order valence-electron chi connectivity index (χ0n) is 14.8. The molecule has 2 rings (SSSR count). The molecule has 2 aromatic rings. The van der Waals surface area contributed by atoms with Crippen LogP contribution < -0.4 is 10.6 Å². The third kappa shape index (κ3) is 4.01. The number of benzene rings is 1. The van der Waals surface area contributed by atoms with Crippen molar-refractivity contribution in [3.63, 3.8) is 0 Å². The number of hydrogen-bond donors (Lipinski definition) is 2. The highest BCUT2D eigenvalue weighted by atomic mass is 16.2. The lowest BCUT2D eigenvalue weighted by Crippen LogP contribution is -2.37. The Bertz CT molecular complexity index is 702. The Morgan fingerprint density at radius 1 is 1.17 bits per heavy atom. The second-order valence-electron chi connectivity index (χ2n) is 6.85. The summed E-state index contributed by atoms with van der Waals surface area (Å²) in [4.78, 5) is 16.6. The molecule has 0 bridgehead atoms. The molecule has 1 heterocycles. The first-order valence-corrected chi connectivity index (χ1v) is 8.25. The largest absolute Gasteiger partial charge is 0.382 e. The number of rotatable bonds is 5. The van der Waals surface area contributed by atoms with Gasteiger partial charge in [-0.2, -0.15) is 0 Å². The monoisotopic (exact) mass is 313 g/mol. The van der Waals surface area contributed by atoms with E-state index in [4.69, 9.17) is 0 Å².